The van der Waals surface area contributed by atoms with E-state index in [1.54, 1.807) is 0 Å². The molecule has 2 unspecified atom stereocenters. The van der Waals surface area contributed by atoms with Gasteiger partial charge in [0, 0.05) is 5.70 Å². The van der Waals surface area contributed by atoms with Gasteiger partial charge in [-0.1, -0.05) is 277 Å². The summed E-state index contributed by atoms with van der Waals surface area (Å²) in [5.74, 6) is 1.31. The first-order chi connectivity index (χ1) is 34.1. The molecule has 0 saturated heterocycles. The minimum Gasteiger partial charge on any atom is -0.398 e. The molecule has 2 aliphatic carbocycles. The topological polar surface area (TPSA) is 26.0 Å². The summed E-state index contributed by atoms with van der Waals surface area (Å²) in [5, 5.41) is 0. The van der Waals surface area contributed by atoms with Crippen LogP contribution in [0.25, 0.3) is 44.7 Å². The minimum absolute atomic E-state index is 0.635. The molecule has 356 valence electrons. The number of aryl methyl sites for hydroxylation is 4. The highest BCUT2D eigenvalue weighted by Gasteiger charge is 2.08. The van der Waals surface area contributed by atoms with Gasteiger partial charge in [-0.3, -0.25) is 0 Å². The van der Waals surface area contributed by atoms with E-state index in [0.29, 0.717) is 11.8 Å². The Kier molecular flexibility index (Phi) is 20.6. The maximum absolute atomic E-state index is 6.25. The predicted molar refractivity (Wildman–Crippen MR) is 308 cm³/mol. The molecule has 0 aromatic heterocycles. The summed E-state index contributed by atoms with van der Waals surface area (Å²) in [5.41, 5.74) is 25.9. The lowest BCUT2D eigenvalue weighted by molar-refractivity contribution is 0.739. The third-order valence-corrected chi connectivity index (χ3v) is 12.8. The molecule has 9 rings (SSSR count). The van der Waals surface area contributed by atoms with Crippen molar-refractivity contribution in [1.29, 1.82) is 0 Å². The summed E-state index contributed by atoms with van der Waals surface area (Å²) >= 11 is 0. The molecular weight excluding hydrogens is 843 g/mol. The largest absolute Gasteiger partial charge is 0.398 e. The average molecular weight is 918 g/mol. The van der Waals surface area contributed by atoms with E-state index in [0.717, 1.165) is 35.2 Å². The van der Waals surface area contributed by atoms with E-state index in [1.165, 1.54) is 98.9 Å². The van der Waals surface area contributed by atoms with E-state index < -0.39 is 0 Å². The van der Waals surface area contributed by atoms with Gasteiger partial charge in [0.1, 0.15) is 0 Å². The van der Waals surface area contributed by atoms with Crippen LogP contribution in [0.15, 0.2) is 231 Å². The molecule has 1 nitrogen and oxygen atoms in total. The van der Waals surface area contributed by atoms with Crippen LogP contribution in [0.5, 0.6) is 0 Å². The number of benzene rings is 7. The van der Waals surface area contributed by atoms with Gasteiger partial charge in [0.05, 0.1) is 0 Å². The molecule has 0 spiro atoms. The van der Waals surface area contributed by atoms with Crippen molar-refractivity contribution in [3.05, 3.63) is 276 Å². The Morgan fingerprint density at radius 2 is 0.871 bits per heavy atom. The highest BCUT2D eigenvalue weighted by atomic mass is 14.6. The van der Waals surface area contributed by atoms with Crippen LogP contribution < -0.4 is 5.73 Å². The maximum atomic E-state index is 6.25. The van der Waals surface area contributed by atoms with Crippen LogP contribution in [0.4, 0.5) is 0 Å². The molecular formula is C69H75N. The second-order valence-corrected chi connectivity index (χ2v) is 18.9. The first-order valence-corrected chi connectivity index (χ1v) is 25.5. The lowest BCUT2D eigenvalue weighted by Crippen LogP contribution is -1.98. The zero-order chi connectivity index (χ0) is 49.5. The molecule has 2 atom stereocenters. The maximum Gasteiger partial charge on any atom is 0.0393 e. The molecule has 7 aromatic carbocycles. The molecule has 1 heteroatoms. The van der Waals surface area contributed by atoms with Crippen molar-refractivity contribution in [1.82, 2.24) is 0 Å². The van der Waals surface area contributed by atoms with E-state index in [4.69, 9.17) is 5.73 Å². The highest BCUT2D eigenvalue weighted by Crippen LogP contribution is 2.28. The van der Waals surface area contributed by atoms with E-state index in [-0.39, 0.29) is 0 Å². The normalized spacial score (nSPS) is 14.9. The van der Waals surface area contributed by atoms with Crippen molar-refractivity contribution in [2.24, 2.45) is 17.6 Å². The van der Waals surface area contributed by atoms with Crippen molar-refractivity contribution in [3.63, 3.8) is 0 Å². The fourth-order valence-electron chi connectivity index (χ4n) is 8.27. The van der Waals surface area contributed by atoms with Gasteiger partial charge in [0.15, 0.2) is 0 Å². The van der Waals surface area contributed by atoms with Crippen molar-refractivity contribution < 1.29 is 0 Å². The molecule has 0 radical (unpaired) electrons. The smallest absolute Gasteiger partial charge is 0.0393 e. The monoisotopic (exact) mass is 918 g/mol. The standard InChI is InChI=1S/C23H23N.C20H20.C17H20.C9H12/c1-17-8-10-20(11-9-17)21-12-14-22(15-13-21)23(24)16-18(2)19-6-4-3-5-7-19;1-15-3-7-17(8-4-15)19-11-13-20(14-12-19)18-9-5-16(2)6-10-18;1-3-4-5-15-8-12-17(13-9-15)16-10-6-14(2)7-11-16;1-2-6-9-7-4-3-5-8-9/h3-8,10-17H,2,9,24H2,1H3;3-5,7-14,16H,6H2,1-2H3;6-13H,3-5H2,1-2H3;3-5,7-8H,2,6H2,1H3/b23-16-;;;. The van der Waals surface area contributed by atoms with Crippen molar-refractivity contribution in [2.45, 2.75) is 86.5 Å². The lowest BCUT2D eigenvalue weighted by atomic mass is 9.93. The van der Waals surface area contributed by atoms with Crippen LogP contribution in [0.2, 0.25) is 0 Å². The lowest BCUT2D eigenvalue weighted by Gasteiger charge is -2.12. The number of hydrogen-bond donors (Lipinski definition) is 1. The molecule has 70 heavy (non-hydrogen) atoms. The van der Waals surface area contributed by atoms with Crippen LogP contribution >= 0.6 is 0 Å². The Balaban J connectivity index is 0.000000160. The van der Waals surface area contributed by atoms with Crippen LogP contribution in [-0.4, -0.2) is 0 Å². The number of allylic oxidation sites excluding steroid dienone is 10. The summed E-state index contributed by atoms with van der Waals surface area (Å²) < 4.78 is 0. The molecule has 2 aliphatic rings. The van der Waals surface area contributed by atoms with Crippen LogP contribution in [-0.2, 0) is 12.8 Å². The van der Waals surface area contributed by atoms with Crippen LogP contribution in [0.1, 0.15) is 104 Å². The summed E-state index contributed by atoms with van der Waals surface area (Å²) in [6.07, 6.45) is 24.0. The van der Waals surface area contributed by atoms with Gasteiger partial charge < -0.3 is 5.73 Å². The second kappa shape index (κ2) is 27.7. The summed E-state index contributed by atoms with van der Waals surface area (Å²) in [6.45, 7) is 17.3. The van der Waals surface area contributed by atoms with Gasteiger partial charge in [-0.25, -0.2) is 0 Å². The van der Waals surface area contributed by atoms with Crippen molar-refractivity contribution >= 4 is 22.4 Å². The Hall–Kier alpha value is -7.22. The fraction of sp³-hybridized carbons (Fsp3) is 0.217. The second-order valence-electron chi connectivity index (χ2n) is 18.9. The third-order valence-electron chi connectivity index (χ3n) is 12.8. The number of unbranched alkanes of at least 4 members (excludes halogenated alkanes) is 1. The molecule has 0 amide bonds. The van der Waals surface area contributed by atoms with Gasteiger partial charge in [0.25, 0.3) is 0 Å². The van der Waals surface area contributed by atoms with Crippen molar-refractivity contribution in [2.75, 3.05) is 0 Å². The van der Waals surface area contributed by atoms with Gasteiger partial charge in [-0.05, 0) is 136 Å². The molecule has 0 bridgehead atoms. The van der Waals surface area contributed by atoms with Crippen LogP contribution in [0, 0.1) is 25.7 Å². The number of hydrogen-bond acceptors (Lipinski definition) is 1. The number of nitrogens with two attached hydrogens (primary N) is 1. The van der Waals surface area contributed by atoms with Gasteiger partial charge in [0.2, 0.25) is 0 Å². The van der Waals surface area contributed by atoms with Crippen molar-refractivity contribution in [3.8, 4) is 22.3 Å². The predicted octanol–water partition coefficient (Wildman–Crippen LogP) is 19.0. The molecule has 2 N–H and O–H groups in total. The zero-order valence-electron chi connectivity index (χ0n) is 42.8. The van der Waals surface area contributed by atoms with E-state index in [2.05, 4.69) is 236 Å². The van der Waals surface area contributed by atoms with Gasteiger partial charge in [-0.15, -0.1) is 0 Å². The molecule has 7 aromatic rings. The van der Waals surface area contributed by atoms with Crippen LogP contribution in [0.3, 0.4) is 0 Å². The number of rotatable bonds is 12. The Bertz CT molecular complexity index is 2800. The summed E-state index contributed by atoms with van der Waals surface area (Å²) in [4.78, 5) is 0. The summed E-state index contributed by atoms with van der Waals surface area (Å²) in [6, 6.07) is 64.3. The van der Waals surface area contributed by atoms with E-state index in [1.807, 2.05) is 36.4 Å². The Morgan fingerprint density at radius 3 is 1.30 bits per heavy atom. The first kappa shape index (κ1) is 52.2. The molecule has 0 saturated carbocycles. The Morgan fingerprint density at radius 1 is 0.471 bits per heavy atom. The van der Waals surface area contributed by atoms with E-state index in [9.17, 15) is 0 Å². The van der Waals surface area contributed by atoms with Gasteiger partial charge >= 0.3 is 0 Å². The quantitative estimate of drug-likeness (QED) is 0.121. The first-order valence-electron chi connectivity index (χ1n) is 25.5. The third kappa shape index (κ3) is 16.8. The SMILES string of the molecule is C=C(/C=C(\N)c1ccc(C2=CCC(C)C=C2)cc1)c1ccccc1.CCCCc1ccc(-c2ccc(C)cc2)cc1.CCCc1ccccc1.Cc1ccc(-c2ccc(C3=CCC(C)C=C3)cc2)cc1. The molecule has 0 fully saturated rings. The van der Waals surface area contributed by atoms with Gasteiger partial charge in [-0.2, -0.15) is 0 Å². The molecule has 0 aliphatic heterocycles. The minimum atomic E-state index is 0.635. The Labute approximate surface area is 422 Å². The fourth-order valence-corrected chi connectivity index (χ4v) is 8.27. The van der Waals surface area contributed by atoms with E-state index >= 15 is 0 Å². The molecule has 0 heterocycles. The zero-order valence-corrected chi connectivity index (χ0v) is 42.8. The summed E-state index contributed by atoms with van der Waals surface area (Å²) in [7, 11) is 0. The highest BCUT2D eigenvalue weighted by molar-refractivity contribution is 5.83. The average Bonchev–Trinajstić information content (AvgIpc) is 3.40.